The summed E-state index contributed by atoms with van der Waals surface area (Å²) in [5.74, 6) is -1.65. The summed E-state index contributed by atoms with van der Waals surface area (Å²) in [6, 6.07) is 26.4. The number of aliphatic hydroxyl groups is 1. The predicted molar refractivity (Wildman–Crippen MR) is 143 cm³/mol. The molecule has 1 amide bonds. The van der Waals surface area contributed by atoms with Gasteiger partial charge in [-0.3, -0.25) is 9.35 Å². The van der Waals surface area contributed by atoms with Gasteiger partial charge >= 0.3 is 0 Å². The molecule has 0 radical (unpaired) electrons. The van der Waals surface area contributed by atoms with Crippen LogP contribution in [0.25, 0.3) is 11.1 Å². The van der Waals surface area contributed by atoms with Gasteiger partial charge in [0.1, 0.15) is 22.0 Å². The second-order valence-electron chi connectivity index (χ2n) is 9.60. The summed E-state index contributed by atoms with van der Waals surface area (Å²) in [7, 11) is -4.55. The maximum absolute atomic E-state index is 13.7. The lowest BCUT2D eigenvalue weighted by Gasteiger charge is -2.50. The number of rotatable bonds is 8. The van der Waals surface area contributed by atoms with Gasteiger partial charge in [-0.2, -0.15) is 8.42 Å². The normalized spacial score (nSPS) is 19.7. The molecular formula is C30H26FNO6S. The molecule has 0 bridgehead atoms. The fraction of sp³-hybridized carbons (Fsp3) is 0.167. The minimum Gasteiger partial charge on any atom is -0.506 e. The Morgan fingerprint density at radius 1 is 0.872 bits per heavy atom. The van der Waals surface area contributed by atoms with E-state index in [0.717, 1.165) is 17.2 Å². The second kappa shape index (κ2) is 10.3. The van der Waals surface area contributed by atoms with Crippen LogP contribution in [-0.2, 0) is 20.5 Å². The Balaban J connectivity index is 1.46. The summed E-state index contributed by atoms with van der Waals surface area (Å²) in [6.45, 7) is 0. The number of hydrogen-bond acceptors (Lipinski definition) is 5. The highest BCUT2D eigenvalue weighted by Gasteiger charge is 2.55. The third-order valence-electron chi connectivity index (χ3n) is 7.26. The Labute approximate surface area is 225 Å². The first-order valence-corrected chi connectivity index (χ1v) is 13.8. The van der Waals surface area contributed by atoms with Gasteiger partial charge in [0.2, 0.25) is 5.91 Å². The van der Waals surface area contributed by atoms with Crippen LogP contribution in [0.4, 0.5) is 4.39 Å². The molecule has 39 heavy (non-hydrogen) atoms. The Morgan fingerprint density at radius 2 is 1.54 bits per heavy atom. The Hall–Kier alpha value is -4.05. The molecular weight excluding hydrogens is 521 g/mol. The quantitative estimate of drug-likeness (QED) is 0.183. The Morgan fingerprint density at radius 3 is 2.15 bits per heavy atom. The van der Waals surface area contributed by atoms with Gasteiger partial charge < -0.3 is 15.5 Å². The number of aromatic hydroxyl groups is 1. The third-order valence-corrected chi connectivity index (χ3v) is 8.16. The molecule has 0 unspecified atom stereocenters. The highest BCUT2D eigenvalue weighted by atomic mass is 32.2. The van der Waals surface area contributed by atoms with Crippen molar-refractivity contribution in [3.8, 4) is 16.9 Å². The molecule has 200 valence electrons. The van der Waals surface area contributed by atoms with Gasteiger partial charge in [-0.05, 0) is 64.9 Å². The van der Waals surface area contributed by atoms with E-state index in [1.165, 1.54) is 30.3 Å². The fourth-order valence-electron chi connectivity index (χ4n) is 5.30. The summed E-state index contributed by atoms with van der Waals surface area (Å²) in [5, 5.41) is 23.9. The van der Waals surface area contributed by atoms with Crippen molar-refractivity contribution < 1.29 is 32.4 Å². The predicted octanol–water partition coefficient (Wildman–Crippen LogP) is 4.95. The molecule has 9 heteroatoms. The molecule has 7 nitrogen and oxygen atoms in total. The number of carbonyl (C=O) groups is 1. The van der Waals surface area contributed by atoms with E-state index >= 15 is 0 Å². The largest absolute Gasteiger partial charge is 0.506 e. The van der Waals surface area contributed by atoms with E-state index in [2.05, 4.69) is 5.32 Å². The molecule has 1 aliphatic heterocycles. The van der Waals surface area contributed by atoms with Crippen LogP contribution in [0.1, 0.15) is 35.6 Å². The number of halogens is 1. The highest BCUT2D eigenvalue weighted by molar-refractivity contribution is 7.86. The van der Waals surface area contributed by atoms with Crippen LogP contribution in [0.2, 0.25) is 0 Å². The van der Waals surface area contributed by atoms with Gasteiger partial charge in [0.15, 0.2) is 0 Å². The van der Waals surface area contributed by atoms with Gasteiger partial charge in [-0.1, -0.05) is 72.8 Å². The number of aliphatic hydroxyl groups excluding tert-OH is 1. The van der Waals surface area contributed by atoms with Crippen molar-refractivity contribution in [2.24, 2.45) is 5.92 Å². The minimum atomic E-state index is -4.55. The first-order valence-electron chi connectivity index (χ1n) is 12.3. The number of benzene rings is 4. The topological polar surface area (TPSA) is 124 Å². The third kappa shape index (κ3) is 5.04. The van der Waals surface area contributed by atoms with Crippen molar-refractivity contribution in [2.45, 2.75) is 29.4 Å². The molecule has 4 N–H and O–H groups in total. The van der Waals surface area contributed by atoms with Gasteiger partial charge in [0.25, 0.3) is 10.1 Å². The Bertz CT molecular complexity index is 1630. The maximum atomic E-state index is 13.7. The summed E-state index contributed by atoms with van der Waals surface area (Å²) >= 11 is 0. The van der Waals surface area contributed by atoms with E-state index in [-0.39, 0.29) is 12.3 Å². The highest BCUT2D eigenvalue weighted by Crippen LogP contribution is 2.47. The second-order valence-corrected chi connectivity index (χ2v) is 11.0. The summed E-state index contributed by atoms with van der Waals surface area (Å²) < 4.78 is 45.7. The van der Waals surface area contributed by atoms with Crippen molar-refractivity contribution in [2.75, 3.05) is 0 Å². The van der Waals surface area contributed by atoms with Crippen molar-refractivity contribution in [1.29, 1.82) is 0 Å². The first-order chi connectivity index (χ1) is 18.6. The van der Waals surface area contributed by atoms with Crippen LogP contribution in [0.3, 0.4) is 0 Å². The van der Waals surface area contributed by atoms with E-state index in [9.17, 15) is 32.4 Å². The van der Waals surface area contributed by atoms with Crippen LogP contribution >= 0.6 is 0 Å². The number of β-lactam (4-membered cyclic amide) rings is 1. The lowest BCUT2D eigenvalue weighted by molar-refractivity contribution is -0.140. The molecule has 1 saturated heterocycles. The van der Waals surface area contributed by atoms with Crippen LogP contribution < -0.4 is 5.32 Å². The fourth-order valence-corrected chi connectivity index (χ4v) is 5.86. The van der Waals surface area contributed by atoms with Crippen molar-refractivity contribution >= 4 is 16.0 Å². The molecule has 3 atom stereocenters. The number of phenols is 1. The van der Waals surface area contributed by atoms with Gasteiger partial charge in [-0.25, -0.2) is 4.39 Å². The molecule has 5 rings (SSSR count). The van der Waals surface area contributed by atoms with Gasteiger partial charge in [-0.15, -0.1) is 0 Å². The molecule has 0 aromatic heterocycles. The zero-order valence-corrected chi connectivity index (χ0v) is 21.5. The SMILES string of the molecule is O=C1N[C@@](c2ccccc2)(c2ccc(-c3ccc(S(=O)(=O)O)c(O)c3)cc2)[C@H]1CC[C@H](O)c1cccc(F)c1. The minimum absolute atomic E-state index is 0.153. The van der Waals surface area contributed by atoms with Gasteiger partial charge in [0, 0.05) is 0 Å². The van der Waals surface area contributed by atoms with Crippen molar-refractivity contribution in [1.82, 2.24) is 5.32 Å². The van der Waals surface area contributed by atoms with E-state index < -0.39 is 44.1 Å². The van der Waals surface area contributed by atoms with Crippen molar-refractivity contribution in [3.05, 3.63) is 120 Å². The smallest absolute Gasteiger partial charge is 0.298 e. The lowest BCUT2D eigenvalue weighted by atomic mass is 9.64. The molecule has 0 saturated carbocycles. The van der Waals surface area contributed by atoms with Crippen LogP contribution in [0, 0.1) is 11.7 Å². The van der Waals surface area contributed by atoms with Crippen LogP contribution in [0.15, 0.2) is 102 Å². The van der Waals surface area contributed by atoms with E-state index in [1.54, 1.807) is 18.2 Å². The van der Waals surface area contributed by atoms with Crippen molar-refractivity contribution in [3.63, 3.8) is 0 Å². The average molecular weight is 548 g/mol. The molecule has 4 aromatic rings. The monoisotopic (exact) mass is 547 g/mol. The van der Waals surface area contributed by atoms with E-state index in [0.29, 0.717) is 23.1 Å². The van der Waals surface area contributed by atoms with Crippen LogP contribution in [0.5, 0.6) is 5.75 Å². The number of hydrogen-bond donors (Lipinski definition) is 4. The number of phenolic OH excluding ortho intramolecular Hbond substituents is 1. The van der Waals surface area contributed by atoms with Crippen LogP contribution in [-0.4, -0.2) is 29.1 Å². The molecule has 1 fully saturated rings. The summed E-state index contributed by atoms with van der Waals surface area (Å²) in [4.78, 5) is 12.3. The maximum Gasteiger partial charge on any atom is 0.298 e. The first kappa shape index (κ1) is 26.6. The number of amides is 1. The molecule has 0 aliphatic carbocycles. The zero-order chi connectivity index (χ0) is 27.8. The summed E-state index contributed by atoms with van der Waals surface area (Å²) in [6.07, 6.45) is -0.318. The molecule has 4 aromatic carbocycles. The molecule has 1 aliphatic rings. The van der Waals surface area contributed by atoms with Gasteiger partial charge in [0.05, 0.1) is 12.0 Å². The van der Waals surface area contributed by atoms with E-state index in [1.807, 2.05) is 42.5 Å². The molecule has 1 heterocycles. The standard InChI is InChI=1S/C30H26FNO6S/c31-24-8-4-5-21(17-24)26(33)15-14-25-29(35)32-30(25,22-6-2-1-3-7-22)23-12-9-19(10-13-23)20-11-16-28(27(34)18-20)39(36,37)38/h1-13,16-18,25-26,33-34H,14-15H2,(H,32,35)(H,36,37,38)/t25-,26-,30-/m0/s1. The van der Waals surface area contributed by atoms with E-state index in [4.69, 9.17) is 0 Å². The Kier molecular flexibility index (Phi) is 6.98. The molecule has 0 spiro atoms. The number of carbonyl (C=O) groups excluding carboxylic acids is 1. The average Bonchev–Trinajstić information content (AvgIpc) is 2.91. The summed E-state index contributed by atoms with van der Waals surface area (Å²) in [5.41, 5.74) is 2.50. The zero-order valence-electron chi connectivity index (χ0n) is 20.7. The lowest BCUT2D eigenvalue weighted by Crippen LogP contribution is -2.67. The number of nitrogens with one attached hydrogen (secondary N) is 1.